The molecule has 3 aromatic carbocycles. The molecule has 8 nitrogen and oxygen atoms in total. The molecule has 0 radical (unpaired) electrons. The van der Waals surface area contributed by atoms with Gasteiger partial charge >= 0.3 is 0 Å². The lowest BCUT2D eigenvalue weighted by Gasteiger charge is -2.20. The van der Waals surface area contributed by atoms with E-state index in [2.05, 4.69) is 34.6 Å². The van der Waals surface area contributed by atoms with Gasteiger partial charge in [-0.05, 0) is 73.5 Å². The Labute approximate surface area is 204 Å². The highest BCUT2D eigenvalue weighted by Gasteiger charge is 2.14. The molecule has 180 valence electrons. The first-order valence-electron chi connectivity index (χ1n) is 11.2. The zero-order chi connectivity index (χ0) is 25.2. The van der Waals surface area contributed by atoms with Crippen LogP contribution in [0, 0.1) is 0 Å². The predicted molar refractivity (Wildman–Crippen MR) is 137 cm³/mol. The van der Waals surface area contributed by atoms with Crippen molar-refractivity contribution in [2.45, 2.75) is 13.8 Å². The second-order valence-electron chi connectivity index (χ2n) is 7.59. The maximum absolute atomic E-state index is 12.9. The SMILES string of the molecule is CCN(CC)c1ccc(C=C(NC(=O)c2ccccc2)C(=O)NN=Cc2ccc(O)c(O)c2)cc1. The topological polar surface area (TPSA) is 114 Å². The van der Waals surface area contributed by atoms with Crippen molar-refractivity contribution >= 4 is 29.8 Å². The van der Waals surface area contributed by atoms with E-state index in [1.807, 2.05) is 24.3 Å². The van der Waals surface area contributed by atoms with Crippen LogP contribution in [0.2, 0.25) is 0 Å². The molecule has 0 atom stereocenters. The molecule has 35 heavy (non-hydrogen) atoms. The monoisotopic (exact) mass is 472 g/mol. The molecule has 0 aliphatic rings. The number of hydrogen-bond donors (Lipinski definition) is 4. The molecule has 0 fully saturated rings. The number of anilines is 1. The number of carbonyl (C=O) groups excluding carboxylic acids is 2. The smallest absolute Gasteiger partial charge is 0.287 e. The molecule has 0 saturated carbocycles. The minimum absolute atomic E-state index is 0.0140. The normalized spacial score (nSPS) is 11.3. The Morgan fingerprint density at radius 1 is 0.886 bits per heavy atom. The summed E-state index contributed by atoms with van der Waals surface area (Å²) in [5, 5.41) is 25.6. The first-order chi connectivity index (χ1) is 16.9. The third-order valence-corrected chi connectivity index (χ3v) is 5.24. The van der Waals surface area contributed by atoms with Crippen LogP contribution < -0.4 is 15.6 Å². The van der Waals surface area contributed by atoms with Crippen LogP contribution in [0.15, 0.2) is 83.6 Å². The highest BCUT2D eigenvalue weighted by Crippen LogP contribution is 2.24. The maximum atomic E-state index is 12.9. The predicted octanol–water partition coefficient (Wildman–Crippen LogP) is 3.87. The Balaban J connectivity index is 1.82. The summed E-state index contributed by atoms with van der Waals surface area (Å²) in [5.41, 5.74) is 5.06. The summed E-state index contributed by atoms with van der Waals surface area (Å²) in [4.78, 5) is 27.8. The van der Waals surface area contributed by atoms with E-state index in [4.69, 9.17) is 0 Å². The molecule has 0 aromatic heterocycles. The van der Waals surface area contributed by atoms with Crippen LogP contribution in [0.1, 0.15) is 35.3 Å². The number of amides is 2. The van der Waals surface area contributed by atoms with Crippen LogP contribution in [0.25, 0.3) is 6.08 Å². The van der Waals surface area contributed by atoms with Crippen molar-refractivity contribution in [2.75, 3.05) is 18.0 Å². The highest BCUT2D eigenvalue weighted by molar-refractivity contribution is 6.05. The number of rotatable bonds is 9. The number of phenolic OH excluding ortho intramolecular Hbond substituents is 2. The molecule has 0 bridgehead atoms. The highest BCUT2D eigenvalue weighted by atomic mass is 16.3. The fourth-order valence-corrected chi connectivity index (χ4v) is 3.33. The van der Waals surface area contributed by atoms with Crippen molar-refractivity contribution in [3.05, 3.63) is 95.2 Å². The summed E-state index contributed by atoms with van der Waals surface area (Å²) in [5.74, 6) is -1.61. The van der Waals surface area contributed by atoms with Gasteiger partial charge in [-0.25, -0.2) is 5.43 Å². The Morgan fingerprint density at radius 2 is 1.54 bits per heavy atom. The number of hydrogen-bond acceptors (Lipinski definition) is 6. The maximum Gasteiger partial charge on any atom is 0.287 e. The van der Waals surface area contributed by atoms with Crippen molar-refractivity contribution < 1.29 is 19.8 Å². The van der Waals surface area contributed by atoms with E-state index in [-0.39, 0.29) is 17.2 Å². The summed E-state index contributed by atoms with van der Waals surface area (Å²) in [7, 11) is 0. The van der Waals surface area contributed by atoms with Crippen molar-refractivity contribution in [3.8, 4) is 11.5 Å². The van der Waals surface area contributed by atoms with Crippen molar-refractivity contribution in [1.29, 1.82) is 0 Å². The van der Waals surface area contributed by atoms with Crippen LogP contribution in [0.5, 0.6) is 11.5 Å². The number of phenols is 2. The van der Waals surface area contributed by atoms with Gasteiger partial charge in [-0.3, -0.25) is 9.59 Å². The number of nitrogens with zero attached hydrogens (tertiary/aromatic N) is 2. The van der Waals surface area contributed by atoms with Gasteiger partial charge in [0, 0.05) is 24.3 Å². The van der Waals surface area contributed by atoms with Crippen LogP contribution in [-0.4, -0.2) is 41.3 Å². The number of benzene rings is 3. The van der Waals surface area contributed by atoms with E-state index in [0.29, 0.717) is 11.1 Å². The van der Waals surface area contributed by atoms with Crippen LogP contribution in [0.3, 0.4) is 0 Å². The fraction of sp³-hybridized carbons (Fsp3) is 0.148. The summed E-state index contributed by atoms with van der Waals surface area (Å²) in [6.07, 6.45) is 2.89. The van der Waals surface area contributed by atoms with E-state index in [9.17, 15) is 19.8 Å². The van der Waals surface area contributed by atoms with E-state index in [0.717, 1.165) is 24.3 Å². The first kappa shape index (κ1) is 25.0. The molecule has 3 aromatic rings. The lowest BCUT2D eigenvalue weighted by molar-refractivity contribution is -0.117. The van der Waals surface area contributed by atoms with Gasteiger partial charge in [0.2, 0.25) is 0 Å². The molecule has 3 rings (SSSR count). The van der Waals surface area contributed by atoms with E-state index < -0.39 is 11.8 Å². The third kappa shape index (κ3) is 6.94. The van der Waals surface area contributed by atoms with Gasteiger partial charge in [-0.2, -0.15) is 5.10 Å². The second-order valence-corrected chi connectivity index (χ2v) is 7.59. The summed E-state index contributed by atoms with van der Waals surface area (Å²) >= 11 is 0. The number of aromatic hydroxyl groups is 2. The number of hydrazone groups is 1. The minimum Gasteiger partial charge on any atom is -0.504 e. The zero-order valence-electron chi connectivity index (χ0n) is 19.6. The molecule has 0 unspecified atom stereocenters. The summed E-state index contributed by atoms with van der Waals surface area (Å²) in [6, 6.07) is 20.4. The molecule has 0 heterocycles. The lowest BCUT2D eigenvalue weighted by Crippen LogP contribution is -2.32. The van der Waals surface area contributed by atoms with Gasteiger partial charge in [0.25, 0.3) is 11.8 Å². The molecule has 8 heteroatoms. The number of carbonyl (C=O) groups is 2. The number of nitrogens with one attached hydrogen (secondary N) is 2. The van der Waals surface area contributed by atoms with Gasteiger partial charge < -0.3 is 20.4 Å². The standard InChI is InChI=1S/C27H28N4O4/c1-3-31(4-2)22-13-10-19(11-14-22)16-23(29-26(34)21-8-6-5-7-9-21)27(35)30-28-18-20-12-15-24(32)25(33)17-20/h5-18,32-33H,3-4H2,1-2H3,(H,29,34)(H,30,35). The minimum atomic E-state index is -0.624. The average molecular weight is 473 g/mol. The average Bonchev–Trinajstić information content (AvgIpc) is 2.88. The molecule has 0 spiro atoms. The quantitative estimate of drug-likeness (QED) is 0.163. The van der Waals surface area contributed by atoms with Crippen LogP contribution >= 0.6 is 0 Å². The largest absolute Gasteiger partial charge is 0.504 e. The van der Waals surface area contributed by atoms with Gasteiger partial charge in [0.1, 0.15) is 5.70 Å². The Hall–Kier alpha value is -4.59. The Morgan fingerprint density at radius 3 is 2.17 bits per heavy atom. The summed E-state index contributed by atoms with van der Waals surface area (Å²) < 4.78 is 0. The molecular formula is C27H28N4O4. The third-order valence-electron chi connectivity index (χ3n) is 5.24. The van der Waals surface area contributed by atoms with Gasteiger partial charge in [0.15, 0.2) is 11.5 Å². The first-order valence-corrected chi connectivity index (χ1v) is 11.2. The van der Waals surface area contributed by atoms with Gasteiger partial charge in [0.05, 0.1) is 6.21 Å². The van der Waals surface area contributed by atoms with Gasteiger partial charge in [-0.15, -0.1) is 0 Å². The molecule has 0 aliphatic carbocycles. The van der Waals surface area contributed by atoms with Crippen LogP contribution in [-0.2, 0) is 4.79 Å². The molecule has 0 aliphatic heterocycles. The summed E-state index contributed by atoms with van der Waals surface area (Å²) in [6.45, 7) is 5.92. The molecule has 0 saturated heterocycles. The van der Waals surface area contributed by atoms with Crippen molar-refractivity contribution in [3.63, 3.8) is 0 Å². The lowest BCUT2D eigenvalue weighted by atomic mass is 10.1. The van der Waals surface area contributed by atoms with E-state index >= 15 is 0 Å². The van der Waals surface area contributed by atoms with E-state index in [1.54, 1.807) is 36.4 Å². The van der Waals surface area contributed by atoms with Gasteiger partial charge in [-0.1, -0.05) is 30.3 Å². The van der Waals surface area contributed by atoms with E-state index in [1.165, 1.54) is 24.4 Å². The second kappa shape index (κ2) is 12.0. The van der Waals surface area contributed by atoms with Crippen molar-refractivity contribution in [2.24, 2.45) is 5.10 Å². The zero-order valence-corrected chi connectivity index (χ0v) is 19.6. The van der Waals surface area contributed by atoms with Crippen LogP contribution in [0.4, 0.5) is 5.69 Å². The fourth-order valence-electron chi connectivity index (χ4n) is 3.33. The van der Waals surface area contributed by atoms with Crippen molar-refractivity contribution in [1.82, 2.24) is 10.7 Å². The molecule has 4 N–H and O–H groups in total. The molecular weight excluding hydrogens is 444 g/mol. The Bertz CT molecular complexity index is 1220. The molecule has 2 amide bonds. The Kier molecular flexibility index (Phi) is 8.61.